The molecule has 1 fully saturated rings. The van der Waals surface area contributed by atoms with E-state index in [0.29, 0.717) is 12.2 Å². The number of halogens is 1. The van der Waals surface area contributed by atoms with Crippen LogP contribution in [0, 0.1) is 27.3 Å². The van der Waals surface area contributed by atoms with E-state index in [2.05, 4.69) is 4.72 Å². The molecular weight excluding hydrogens is 561 g/mol. The van der Waals surface area contributed by atoms with Crippen LogP contribution in [0.3, 0.4) is 0 Å². The molecule has 2 aromatic rings. The van der Waals surface area contributed by atoms with Crippen LogP contribution in [-0.4, -0.2) is 46.4 Å². The molecule has 13 heteroatoms. The normalized spacial score (nSPS) is 21.8. The van der Waals surface area contributed by atoms with E-state index in [1.165, 1.54) is 6.92 Å². The standard InChI is InChI=1S/C27H34FN3O7S2/c1-25(2,3)39(34)30-26(4,23-14-20(31(32)33)8-11-24(23)28)18-40(35,36)27(17-29)13-12-22(15-27)38-16-19-6-9-21(37-5)10-7-19/h6-11,14,22,30H,12-13,15-16,18H2,1-5H3/t22?,26-,27?,39?/m0/s1. The molecule has 40 heavy (non-hydrogen) atoms. The lowest BCUT2D eigenvalue weighted by Gasteiger charge is -2.36. The highest BCUT2D eigenvalue weighted by Gasteiger charge is 2.54. The van der Waals surface area contributed by atoms with Crippen LogP contribution in [0.4, 0.5) is 10.1 Å². The van der Waals surface area contributed by atoms with Crippen LogP contribution in [-0.2, 0) is 38.1 Å². The van der Waals surface area contributed by atoms with Gasteiger partial charge in [-0.3, -0.25) is 10.1 Å². The van der Waals surface area contributed by atoms with E-state index < -0.39 is 64.5 Å². The Morgan fingerprint density at radius 2 is 1.88 bits per heavy atom. The molecule has 3 rings (SSSR count). The van der Waals surface area contributed by atoms with Crippen molar-refractivity contribution in [2.45, 2.75) is 74.7 Å². The molecule has 1 N–H and O–H groups in total. The Morgan fingerprint density at radius 3 is 2.42 bits per heavy atom. The SMILES string of the molecule is COc1ccc(COC2CCC(C#N)(S(=O)(=O)C[C@](C)(N[S+]([O-])C(C)(C)C)c3cc([N+](=O)[O-])ccc3F)C2)cc1. The highest BCUT2D eigenvalue weighted by atomic mass is 32.2. The predicted molar refractivity (Wildman–Crippen MR) is 149 cm³/mol. The highest BCUT2D eigenvalue weighted by Crippen LogP contribution is 2.42. The number of nitriles is 1. The van der Waals surface area contributed by atoms with Gasteiger partial charge < -0.3 is 14.0 Å². The third kappa shape index (κ3) is 6.92. The molecule has 4 atom stereocenters. The lowest BCUT2D eigenvalue weighted by atomic mass is 9.94. The van der Waals surface area contributed by atoms with Crippen molar-refractivity contribution < 1.29 is 31.8 Å². The molecule has 0 saturated heterocycles. The number of hydrogen-bond acceptors (Lipinski definition) is 9. The molecule has 2 aromatic carbocycles. The van der Waals surface area contributed by atoms with Gasteiger partial charge in [0.15, 0.2) is 14.6 Å². The van der Waals surface area contributed by atoms with Crippen molar-refractivity contribution in [3.05, 3.63) is 69.5 Å². The molecule has 1 saturated carbocycles. The number of nitro benzene ring substituents is 1. The summed E-state index contributed by atoms with van der Waals surface area (Å²) in [7, 11) is -2.78. The summed E-state index contributed by atoms with van der Waals surface area (Å²) in [5.74, 6) is -1.04. The smallest absolute Gasteiger partial charge is 0.269 e. The average Bonchev–Trinajstić information content (AvgIpc) is 3.32. The Labute approximate surface area is 237 Å². The Balaban J connectivity index is 1.91. The van der Waals surface area contributed by atoms with Gasteiger partial charge in [-0.1, -0.05) is 12.1 Å². The first-order chi connectivity index (χ1) is 18.6. The number of methoxy groups -OCH3 is 1. The van der Waals surface area contributed by atoms with Gasteiger partial charge in [-0.25, -0.2) is 12.8 Å². The Kier molecular flexibility index (Phi) is 9.53. The molecule has 0 aliphatic heterocycles. The molecule has 3 unspecified atom stereocenters. The largest absolute Gasteiger partial charge is 0.598 e. The quantitative estimate of drug-likeness (QED) is 0.225. The number of nitrogens with zero attached hydrogens (tertiary/aromatic N) is 2. The van der Waals surface area contributed by atoms with E-state index >= 15 is 4.39 Å². The lowest BCUT2D eigenvalue weighted by Crippen LogP contribution is -2.55. The van der Waals surface area contributed by atoms with E-state index in [4.69, 9.17) is 9.47 Å². The maximum absolute atomic E-state index is 15.1. The van der Waals surface area contributed by atoms with Gasteiger partial charge in [0, 0.05) is 35.5 Å². The monoisotopic (exact) mass is 595 g/mol. The average molecular weight is 596 g/mol. The zero-order chi connectivity index (χ0) is 29.9. The van der Waals surface area contributed by atoms with E-state index in [1.807, 2.05) is 18.2 Å². The van der Waals surface area contributed by atoms with Crippen molar-refractivity contribution in [3.63, 3.8) is 0 Å². The lowest BCUT2D eigenvalue weighted by molar-refractivity contribution is -0.385. The first kappa shape index (κ1) is 31.8. The molecule has 0 bridgehead atoms. The Morgan fingerprint density at radius 1 is 1.23 bits per heavy atom. The second-order valence-electron chi connectivity index (χ2n) is 11.1. The number of ether oxygens (including phenoxy) is 2. The Bertz CT molecular complexity index is 1380. The van der Waals surface area contributed by atoms with Gasteiger partial charge in [-0.15, -0.1) is 4.72 Å². The first-order valence-electron chi connectivity index (χ1n) is 12.6. The van der Waals surface area contributed by atoms with Crippen molar-refractivity contribution in [2.24, 2.45) is 0 Å². The van der Waals surface area contributed by atoms with Gasteiger partial charge in [0.2, 0.25) is 0 Å². The zero-order valence-corrected chi connectivity index (χ0v) is 24.7. The predicted octanol–water partition coefficient (Wildman–Crippen LogP) is 4.46. The minimum Gasteiger partial charge on any atom is -0.598 e. The van der Waals surface area contributed by atoms with Crippen molar-refractivity contribution in [3.8, 4) is 11.8 Å². The number of rotatable bonds is 11. The fourth-order valence-corrected chi connectivity index (χ4v) is 7.85. The van der Waals surface area contributed by atoms with Gasteiger partial charge in [0.1, 0.15) is 21.9 Å². The van der Waals surface area contributed by atoms with E-state index in [9.17, 15) is 28.3 Å². The minimum absolute atomic E-state index is 0.00499. The van der Waals surface area contributed by atoms with E-state index in [1.54, 1.807) is 40.0 Å². The summed E-state index contributed by atoms with van der Waals surface area (Å²) in [6.45, 7) is 6.47. The number of nitrogens with one attached hydrogen (secondary N) is 1. The topological polar surface area (TPSA) is 155 Å². The maximum Gasteiger partial charge on any atom is 0.269 e. The van der Waals surface area contributed by atoms with Crippen LogP contribution < -0.4 is 9.46 Å². The number of hydrogen-bond donors (Lipinski definition) is 1. The summed E-state index contributed by atoms with van der Waals surface area (Å²) in [6.07, 6.45) is -0.312. The number of non-ortho nitro benzene ring substituents is 1. The second kappa shape index (κ2) is 12.0. The van der Waals surface area contributed by atoms with Crippen LogP contribution in [0.5, 0.6) is 5.75 Å². The van der Waals surface area contributed by atoms with Gasteiger partial charge >= 0.3 is 0 Å². The number of nitro groups is 1. The van der Waals surface area contributed by atoms with Crippen molar-refractivity contribution in [1.82, 2.24) is 4.72 Å². The fraction of sp³-hybridized carbons (Fsp3) is 0.519. The van der Waals surface area contributed by atoms with Crippen LogP contribution in [0.2, 0.25) is 0 Å². The summed E-state index contributed by atoms with van der Waals surface area (Å²) >= 11 is -1.89. The Hall–Kier alpha value is -2.76. The molecule has 0 radical (unpaired) electrons. The third-order valence-electron chi connectivity index (χ3n) is 6.98. The molecular formula is C27H34FN3O7S2. The molecule has 0 heterocycles. The van der Waals surface area contributed by atoms with E-state index in [0.717, 1.165) is 23.8 Å². The molecule has 0 amide bonds. The summed E-state index contributed by atoms with van der Waals surface area (Å²) in [6, 6.07) is 11.9. The van der Waals surface area contributed by atoms with Crippen molar-refractivity contribution in [2.75, 3.05) is 12.9 Å². The highest BCUT2D eigenvalue weighted by molar-refractivity contribution is 7.93. The van der Waals surface area contributed by atoms with Gasteiger partial charge in [-0.05, 0) is 64.3 Å². The molecule has 1 aliphatic rings. The van der Waals surface area contributed by atoms with E-state index in [-0.39, 0.29) is 25.0 Å². The molecule has 0 aromatic heterocycles. The number of benzene rings is 2. The summed E-state index contributed by atoms with van der Waals surface area (Å²) in [4.78, 5) is 10.7. The first-order valence-corrected chi connectivity index (χ1v) is 15.4. The van der Waals surface area contributed by atoms with Gasteiger partial charge in [0.05, 0.1) is 36.6 Å². The summed E-state index contributed by atoms with van der Waals surface area (Å²) < 4.78 is 67.2. The van der Waals surface area contributed by atoms with Gasteiger partial charge in [-0.2, -0.15) is 5.26 Å². The number of sulfone groups is 1. The third-order valence-corrected chi connectivity index (χ3v) is 11.3. The van der Waals surface area contributed by atoms with Crippen molar-refractivity contribution >= 4 is 26.9 Å². The summed E-state index contributed by atoms with van der Waals surface area (Å²) in [5.41, 5.74) is -1.80. The van der Waals surface area contributed by atoms with Crippen molar-refractivity contribution in [1.29, 1.82) is 5.26 Å². The van der Waals surface area contributed by atoms with Crippen LogP contribution in [0.15, 0.2) is 42.5 Å². The second-order valence-corrected chi connectivity index (χ2v) is 15.4. The summed E-state index contributed by atoms with van der Waals surface area (Å²) in [5, 5.41) is 21.5. The minimum atomic E-state index is -4.33. The fourth-order valence-electron chi connectivity index (χ4n) is 4.59. The molecule has 1 aliphatic carbocycles. The molecule has 218 valence electrons. The zero-order valence-electron chi connectivity index (χ0n) is 23.1. The molecule has 10 nitrogen and oxygen atoms in total. The van der Waals surface area contributed by atoms with Gasteiger partial charge in [0.25, 0.3) is 5.69 Å². The van der Waals surface area contributed by atoms with Crippen LogP contribution >= 0.6 is 0 Å². The molecule has 0 spiro atoms. The maximum atomic E-state index is 15.1. The van der Waals surface area contributed by atoms with Crippen LogP contribution in [0.25, 0.3) is 0 Å². The van der Waals surface area contributed by atoms with Crippen LogP contribution in [0.1, 0.15) is 58.1 Å².